The Balaban J connectivity index is -0.0000000204. The average molecular weight is 279 g/mol. The molecule has 13 heavy (non-hydrogen) atoms. The molecule has 0 aliphatic heterocycles. The Labute approximate surface area is 101 Å². The first-order valence-electron chi connectivity index (χ1n) is 2.16. The minimum Gasteiger partial charge on any atom is -0.412 e. The van der Waals surface area contributed by atoms with Gasteiger partial charge in [0.2, 0.25) is 0 Å². The highest BCUT2D eigenvalue weighted by Crippen LogP contribution is 1.90. The zero-order valence-electron chi connectivity index (χ0n) is 6.52. The van der Waals surface area contributed by atoms with E-state index in [1.165, 1.54) is 0 Å². The smallest absolute Gasteiger partial charge is 0.0830 e. The van der Waals surface area contributed by atoms with Gasteiger partial charge in [0, 0.05) is 11.9 Å². The number of hydrogen-bond donors (Lipinski definition) is 2. The van der Waals surface area contributed by atoms with Gasteiger partial charge in [-0.15, -0.1) is 49.6 Å². The summed E-state index contributed by atoms with van der Waals surface area (Å²) in [7, 11) is 0. The van der Waals surface area contributed by atoms with E-state index in [0.29, 0.717) is 0 Å². The molecule has 1 aromatic rings. The van der Waals surface area contributed by atoms with Gasteiger partial charge in [-0.1, -0.05) is 0 Å². The Morgan fingerprint density at radius 1 is 1.08 bits per heavy atom. The normalized spacial score (nSPS) is 5.00. The fraction of sp³-hybridized carbons (Fsp3) is 0.200. The fourth-order valence-electron chi connectivity index (χ4n) is 0.466. The Morgan fingerprint density at radius 3 is 1.69 bits per heavy atom. The van der Waals surface area contributed by atoms with Gasteiger partial charge in [0.1, 0.15) is 0 Å². The molecule has 86 valence electrons. The number of aliphatic hydroxyl groups excluding tert-OH is 1. The predicted octanol–water partition coefficient (Wildman–Crippen LogP) is 0.545. The van der Waals surface area contributed by atoms with E-state index in [9.17, 15) is 0 Å². The van der Waals surface area contributed by atoms with E-state index in [1.807, 2.05) is 12.1 Å². The van der Waals surface area contributed by atoms with Gasteiger partial charge in [0.05, 0.1) is 6.61 Å². The van der Waals surface area contributed by atoms with Crippen LogP contribution in [-0.2, 0) is 6.61 Å². The van der Waals surface area contributed by atoms with Crippen molar-refractivity contribution in [1.29, 1.82) is 0 Å². The van der Waals surface area contributed by atoms with Crippen LogP contribution in [0.4, 0.5) is 0 Å². The van der Waals surface area contributed by atoms with E-state index in [-0.39, 0.29) is 67.2 Å². The molecule has 0 saturated carbocycles. The van der Waals surface area contributed by atoms with Crippen LogP contribution < -0.4 is 0 Å². The van der Waals surface area contributed by atoms with Gasteiger partial charge in [-0.25, -0.2) is 0 Å². The summed E-state index contributed by atoms with van der Waals surface area (Å²) in [6.07, 6.45) is 1.78. The maximum atomic E-state index is 8.40. The Hall–Kier alpha value is 0.320. The SMILES string of the molecule is Cl.Cl.Cl.Cl.O.O.OCc1ccc[nH]1. The standard InChI is InChI=1S/C5H7NO.4ClH.2H2O/c7-4-5-2-1-3-6-5;;;;;;/h1-3,6-7H,4H2;4*1H;2*1H2. The van der Waals surface area contributed by atoms with Gasteiger partial charge >= 0.3 is 0 Å². The Morgan fingerprint density at radius 2 is 1.54 bits per heavy atom. The number of nitrogens with one attached hydrogen (secondary N) is 1. The lowest BCUT2D eigenvalue weighted by Crippen LogP contribution is -1.77. The van der Waals surface area contributed by atoms with Gasteiger partial charge in [0.25, 0.3) is 0 Å². The second kappa shape index (κ2) is 22.8. The summed E-state index contributed by atoms with van der Waals surface area (Å²) >= 11 is 0. The lowest BCUT2D eigenvalue weighted by Gasteiger charge is -1.81. The number of aromatic amines is 1. The first-order valence-corrected chi connectivity index (χ1v) is 2.16. The molecule has 0 aliphatic rings. The van der Waals surface area contributed by atoms with Crippen LogP contribution in [0.15, 0.2) is 18.3 Å². The molecule has 0 atom stereocenters. The molecule has 0 unspecified atom stereocenters. The highest BCUT2D eigenvalue weighted by atomic mass is 35.5. The number of H-pyrrole nitrogens is 1. The summed E-state index contributed by atoms with van der Waals surface area (Å²) in [4.78, 5) is 2.84. The topological polar surface area (TPSA) is 99.0 Å². The Bertz CT molecular complexity index is 138. The third-order valence-corrected chi connectivity index (χ3v) is 0.833. The van der Waals surface area contributed by atoms with Crippen molar-refractivity contribution < 1.29 is 16.1 Å². The molecule has 8 heteroatoms. The van der Waals surface area contributed by atoms with Crippen LogP contribution in [0.5, 0.6) is 0 Å². The Kier molecular flexibility index (Phi) is 66.2. The summed E-state index contributed by atoms with van der Waals surface area (Å²) in [5, 5.41) is 8.40. The number of aliphatic hydroxyl groups is 1. The molecule has 0 spiro atoms. The first-order chi connectivity index (χ1) is 3.43. The quantitative estimate of drug-likeness (QED) is 0.770. The first kappa shape index (κ1) is 37.7. The number of hydrogen-bond acceptors (Lipinski definition) is 1. The maximum Gasteiger partial charge on any atom is 0.0830 e. The lowest BCUT2D eigenvalue weighted by atomic mass is 10.5. The molecular weight excluding hydrogens is 264 g/mol. The minimum absolute atomic E-state index is 0. The predicted molar refractivity (Wildman–Crippen MR) is 62.9 cm³/mol. The molecule has 1 heterocycles. The summed E-state index contributed by atoms with van der Waals surface area (Å²) in [5.41, 5.74) is 0.861. The van der Waals surface area contributed by atoms with Crippen LogP contribution >= 0.6 is 49.6 Å². The van der Waals surface area contributed by atoms with Crippen molar-refractivity contribution in [3.8, 4) is 0 Å². The fourth-order valence-corrected chi connectivity index (χ4v) is 0.466. The summed E-state index contributed by atoms with van der Waals surface area (Å²) in [5.74, 6) is 0. The molecule has 0 radical (unpaired) electrons. The second-order valence-corrected chi connectivity index (χ2v) is 1.35. The second-order valence-electron chi connectivity index (χ2n) is 1.35. The van der Waals surface area contributed by atoms with Gasteiger partial charge in [-0.05, 0) is 12.1 Å². The molecule has 1 aromatic heterocycles. The van der Waals surface area contributed by atoms with Crippen LogP contribution in [0.1, 0.15) is 5.69 Å². The number of halogens is 4. The molecule has 0 saturated heterocycles. The van der Waals surface area contributed by atoms with Crippen molar-refractivity contribution in [1.82, 2.24) is 4.98 Å². The van der Waals surface area contributed by atoms with E-state index in [1.54, 1.807) is 6.20 Å². The van der Waals surface area contributed by atoms with Gasteiger partial charge in [-0.3, -0.25) is 0 Å². The molecule has 6 N–H and O–H groups in total. The van der Waals surface area contributed by atoms with E-state index in [0.717, 1.165) is 5.69 Å². The lowest BCUT2D eigenvalue weighted by molar-refractivity contribution is 0.277. The molecule has 4 nitrogen and oxygen atoms in total. The monoisotopic (exact) mass is 277 g/mol. The third kappa shape index (κ3) is 15.1. The van der Waals surface area contributed by atoms with E-state index < -0.39 is 0 Å². The number of aromatic nitrogens is 1. The van der Waals surface area contributed by atoms with Crippen molar-refractivity contribution in [2.45, 2.75) is 6.61 Å². The van der Waals surface area contributed by atoms with Crippen molar-refractivity contribution in [3.05, 3.63) is 24.0 Å². The van der Waals surface area contributed by atoms with Gasteiger partial charge in [0.15, 0.2) is 0 Å². The van der Waals surface area contributed by atoms with Gasteiger partial charge in [-0.2, -0.15) is 0 Å². The van der Waals surface area contributed by atoms with Crippen LogP contribution in [0.3, 0.4) is 0 Å². The third-order valence-electron chi connectivity index (χ3n) is 0.833. The zero-order valence-corrected chi connectivity index (χ0v) is 9.79. The summed E-state index contributed by atoms with van der Waals surface area (Å²) < 4.78 is 0. The van der Waals surface area contributed by atoms with Crippen LogP contribution in [0, 0.1) is 0 Å². The molecule has 0 amide bonds. The van der Waals surface area contributed by atoms with Crippen LogP contribution in [0.2, 0.25) is 0 Å². The van der Waals surface area contributed by atoms with Crippen molar-refractivity contribution in [2.24, 2.45) is 0 Å². The van der Waals surface area contributed by atoms with Crippen LogP contribution in [-0.4, -0.2) is 21.0 Å². The van der Waals surface area contributed by atoms with Crippen molar-refractivity contribution in [3.63, 3.8) is 0 Å². The molecule has 0 aromatic carbocycles. The number of rotatable bonds is 1. The van der Waals surface area contributed by atoms with E-state index in [4.69, 9.17) is 5.11 Å². The molecule has 0 aliphatic carbocycles. The maximum absolute atomic E-state index is 8.40. The van der Waals surface area contributed by atoms with E-state index in [2.05, 4.69) is 4.98 Å². The van der Waals surface area contributed by atoms with Crippen molar-refractivity contribution in [2.75, 3.05) is 0 Å². The highest BCUT2D eigenvalue weighted by molar-refractivity contribution is 5.86. The highest BCUT2D eigenvalue weighted by Gasteiger charge is 1.82. The summed E-state index contributed by atoms with van der Waals surface area (Å²) in [6, 6.07) is 3.69. The largest absolute Gasteiger partial charge is 0.412 e. The average Bonchev–Trinajstić information content (AvgIpc) is 2.14. The molecule has 0 bridgehead atoms. The van der Waals surface area contributed by atoms with Crippen LogP contribution in [0.25, 0.3) is 0 Å². The van der Waals surface area contributed by atoms with E-state index >= 15 is 0 Å². The zero-order chi connectivity index (χ0) is 5.11. The summed E-state index contributed by atoms with van der Waals surface area (Å²) in [6.45, 7) is 0.104. The van der Waals surface area contributed by atoms with Crippen molar-refractivity contribution >= 4 is 49.6 Å². The molecule has 0 fully saturated rings. The molecule has 1 rings (SSSR count). The minimum atomic E-state index is 0. The molecular formula is C5H15Cl4NO3. The van der Waals surface area contributed by atoms with Gasteiger partial charge < -0.3 is 21.0 Å².